The lowest BCUT2D eigenvalue weighted by atomic mass is 10.0. The summed E-state index contributed by atoms with van der Waals surface area (Å²) in [6.07, 6.45) is 8.89. The van der Waals surface area contributed by atoms with E-state index >= 15 is 0 Å². The summed E-state index contributed by atoms with van der Waals surface area (Å²) in [5, 5.41) is 2.34. The summed E-state index contributed by atoms with van der Waals surface area (Å²) in [6, 6.07) is 4.20. The number of aromatic nitrogens is 1. The van der Waals surface area contributed by atoms with Gasteiger partial charge in [-0.3, -0.25) is 10.4 Å². The van der Waals surface area contributed by atoms with Crippen LogP contribution in [0.3, 0.4) is 0 Å². The Kier molecular flexibility index (Phi) is 4.16. The van der Waals surface area contributed by atoms with Crippen LogP contribution >= 0.6 is 22.6 Å². The first-order valence-corrected chi connectivity index (χ1v) is 6.90. The molecular formula is C12H18IN3. The number of hydrogen-bond donors (Lipinski definition) is 1. The van der Waals surface area contributed by atoms with Gasteiger partial charge in [0, 0.05) is 24.5 Å². The van der Waals surface area contributed by atoms with E-state index in [1.54, 1.807) is 0 Å². The van der Waals surface area contributed by atoms with Crippen molar-refractivity contribution in [2.75, 3.05) is 13.6 Å². The molecule has 1 N–H and O–H groups in total. The molecule has 88 valence electrons. The Bertz CT molecular complexity index is 330. The molecular weight excluding hydrogens is 313 g/mol. The quantitative estimate of drug-likeness (QED) is 0.513. The van der Waals surface area contributed by atoms with Crippen LogP contribution in [0.2, 0.25) is 0 Å². The summed E-state index contributed by atoms with van der Waals surface area (Å²) in [5.74, 6) is 0. The number of rotatable bonds is 2. The second kappa shape index (κ2) is 5.42. The number of pyridine rings is 1. The normalized spacial score (nSPS) is 27.6. The SMILES string of the molecule is CNN1CCCCCC1(I)c1cccnc1. The van der Waals surface area contributed by atoms with E-state index in [1.165, 1.54) is 31.2 Å². The fourth-order valence-electron chi connectivity index (χ4n) is 2.30. The highest BCUT2D eigenvalue weighted by molar-refractivity contribution is 14.1. The number of halogens is 1. The van der Waals surface area contributed by atoms with Crippen LogP contribution in [0.25, 0.3) is 0 Å². The lowest BCUT2D eigenvalue weighted by Gasteiger charge is -2.37. The summed E-state index contributed by atoms with van der Waals surface area (Å²) in [7, 11) is 2.01. The maximum absolute atomic E-state index is 4.25. The maximum Gasteiger partial charge on any atom is 0.113 e. The highest BCUT2D eigenvalue weighted by Gasteiger charge is 2.36. The van der Waals surface area contributed by atoms with E-state index in [0.717, 1.165) is 6.54 Å². The fourth-order valence-corrected chi connectivity index (χ4v) is 3.48. The molecule has 1 aliphatic rings. The van der Waals surface area contributed by atoms with Gasteiger partial charge in [0.05, 0.1) is 0 Å². The van der Waals surface area contributed by atoms with Crippen molar-refractivity contribution in [2.24, 2.45) is 0 Å². The predicted molar refractivity (Wildman–Crippen MR) is 74.2 cm³/mol. The molecule has 2 heterocycles. The van der Waals surface area contributed by atoms with E-state index in [2.05, 4.69) is 44.1 Å². The lowest BCUT2D eigenvalue weighted by Crippen LogP contribution is -2.48. The second-order valence-corrected chi connectivity index (χ2v) is 5.97. The van der Waals surface area contributed by atoms with Crippen LogP contribution in [-0.4, -0.2) is 23.6 Å². The molecule has 4 heteroatoms. The molecule has 16 heavy (non-hydrogen) atoms. The predicted octanol–water partition coefficient (Wildman–Crippen LogP) is 2.68. The molecule has 3 nitrogen and oxygen atoms in total. The molecule has 0 bridgehead atoms. The van der Waals surface area contributed by atoms with Crippen LogP contribution in [0.4, 0.5) is 0 Å². The van der Waals surface area contributed by atoms with Gasteiger partial charge in [0.2, 0.25) is 0 Å². The largest absolute Gasteiger partial charge is 0.264 e. The first kappa shape index (κ1) is 12.3. The van der Waals surface area contributed by atoms with Gasteiger partial charge in [-0.05, 0) is 26.0 Å². The lowest BCUT2D eigenvalue weighted by molar-refractivity contribution is 0.128. The topological polar surface area (TPSA) is 28.2 Å². The zero-order valence-corrected chi connectivity index (χ0v) is 11.8. The minimum absolute atomic E-state index is 0.0528. The molecule has 0 aromatic carbocycles. The van der Waals surface area contributed by atoms with Crippen molar-refractivity contribution in [1.82, 2.24) is 15.4 Å². The highest BCUT2D eigenvalue weighted by Crippen LogP contribution is 2.41. The molecule has 1 aliphatic heterocycles. The summed E-state index contributed by atoms with van der Waals surface area (Å²) in [6.45, 7) is 1.11. The number of hydrazine groups is 1. The average Bonchev–Trinajstić information content (AvgIpc) is 2.53. The summed E-state index contributed by atoms with van der Waals surface area (Å²) in [4.78, 5) is 4.25. The van der Waals surface area contributed by atoms with E-state index in [1.807, 2.05) is 25.5 Å². The average molecular weight is 331 g/mol. The van der Waals surface area contributed by atoms with Gasteiger partial charge in [0.15, 0.2) is 0 Å². The van der Waals surface area contributed by atoms with Gasteiger partial charge in [-0.2, -0.15) is 0 Å². The number of nitrogens with zero attached hydrogens (tertiary/aromatic N) is 2. The van der Waals surface area contributed by atoms with Crippen LogP contribution in [0.5, 0.6) is 0 Å². The number of hydrogen-bond acceptors (Lipinski definition) is 3. The van der Waals surface area contributed by atoms with Crippen molar-refractivity contribution in [3.63, 3.8) is 0 Å². The molecule has 0 radical (unpaired) electrons. The summed E-state index contributed by atoms with van der Waals surface area (Å²) < 4.78 is 0.0528. The van der Waals surface area contributed by atoms with Crippen molar-refractivity contribution in [3.05, 3.63) is 30.1 Å². The Labute approximate surface area is 111 Å². The molecule has 1 aromatic rings. The van der Waals surface area contributed by atoms with Crippen molar-refractivity contribution in [1.29, 1.82) is 0 Å². The minimum Gasteiger partial charge on any atom is -0.264 e. The minimum atomic E-state index is 0.0528. The van der Waals surface area contributed by atoms with Gasteiger partial charge in [0.1, 0.15) is 3.55 Å². The monoisotopic (exact) mass is 331 g/mol. The molecule has 1 saturated heterocycles. The van der Waals surface area contributed by atoms with Crippen LogP contribution in [0, 0.1) is 0 Å². The van der Waals surface area contributed by atoms with Crippen molar-refractivity contribution < 1.29 is 0 Å². The molecule has 0 spiro atoms. The van der Waals surface area contributed by atoms with Gasteiger partial charge in [-0.15, -0.1) is 0 Å². The first-order valence-electron chi connectivity index (χ1n) is 5.82. The van der Waals surface area contributed by atoms with Gasteiger partial charge in [-0.25, -0.2) is 5.01 Å². The molecule has 2 rings (SSSR count). The van der Waals surface area contributed by atoms with Gasteiger partial charge in [-0.1, -0.05) is 41.5 Å². The van der Waals surface area contributed by atoms with Crippen LogP contribution in [0.15, 0.2) is 24.5 Å². The third-order valence-corrected chi connectivity index (χ3v) is 4.94. The summed E-state index contributed by atoms with van der Waals surface area (Å²) in [5.41, 5.74) is 4.63. The van der Waals surface area contributed by atoms with Gasteiger partial charge in [0.25, 0.3) is 0 Å². The molecule has 1 aromatic heterocycles. The zero-order valence-electron chi connectivity index (χ0n) is 9.62. The van der Waals surface area contributed by atoms with Gasteiger partial charge < -0.3 is 0 Å². The molecule has 0 aliphatic carbocycles. The zero-order chi connectivity index (χ0) is 11.4. The van der Waals surface area contributed by atoms with Crippen molar-refractivity contribution in [3.8, 4) is 0 Å². The van der Waals surface area contributed by atoms with Crippen LogP contribution < -0.4 is 5.43 Å². The fraction of sp³-hybridized carbons (Fsp3) is 0.583. The Hall–Kier alpha value is -0.200. The van der Waals surface area contributed by atoms with Crippen molar-refractivity contribution >= 4 is 22.6 Å². The Morgan fingerprint density at radius 1 is 1.44 bits per heavy atom. The molecule has 0 saturated carbocycles. The standard InChI is InChI=1S/C12H18IN3/c1-14-16-9-4-2-3-7-12(16,13)11-6-5-8-15-10-11/h5-6,8,10,14H,2-4,7,9H2,1H3. The van der Waals surface area contributed by atoms with Crippen LogP contribution in [-0.2, 0) is 3.55 Å². The smallest absolute Gasteiger partial charge is 0.113 e. The Morgan fingerprint density at radius 3 is 3.00 bits per heavy atom. The van der Waals surface area contributed by atoms with E-state index in [4.69, 9.17) is 0 Å². The molecule has 1 atom stereocenters. The van der Waals surface area contributed by atoms with E-state index < -0.39 is 0 Å². The highest BCUT2D eigenvalue weighted by atomic mass is 127. The van der Waals surface area contributed by atoms with E-state index in [-0.39, 0.29) is 3.55 Å². The van der Waals surface area contributed by atoms with E-state index in [0.29, 0.717) is 0 Å². The maximum atomic E-state index is 4.25. The van der Waals surface area contributed by atoms with Crippen molar-refractivity contribution in [2.45, 2.75) is 29.2 Å². The molecule has 1 unspecified atom stereocenters. The molecule has 0 amide bonds. The summed E-state index contributed by atoms with van der Waals surface area (Å²) >= 11 is 2.57. The third kappa shape index (κ3) is 2.38. The van der Waals surface area contributed by atoms with Gasteiger partial charge >= 0.3 is 0 Å². The number of nitrogens with one attached hydrogen (secondary N) is 1. The van der Waals surface area contributed by atoms with E-state index in [9.17, 15) is 0 Å². The Morgan fingerprint density at radius 2 is 2.31 bits per heavy atom. The van der Waals surface area contributed by atoms with Crippen LogP contribution in [0.1, 0.15) is 31.2 Å². The number of alkyl halides is 1. The first-order chi connectivity index (χ1) is 7.77. The third-order valence-electron chi connectivity index (χ3n) is 3.19. The Balaban J connectivity index is 2.31. The molecule has 1 fully saturated rings. The second-order valence-electron chi connectivity index (χ2n) is 4.19.